The number of rotatable bonds is 2. The Bertz CT molecular complexity index is 397. The molecule has 2 rings (SSSR count). The van der Waals surface area contributed by atoms with Crippen LogP contribution in [0.2, 0.25) is 0 Å². The summed E-state index contributed by atoms with van der Waals surface area (Å²) in [5.41, 5.74) is 7.66. The highest BCUT2D eigenvalue weighted by Gasteiger charge is 2.18. The van der Waals surface area contributed by atoms with Gasteiger partial charge >= 0.3 is 5.97 Å². The van der Waals surface area contributed by atoms with Crippen molar-refractivity contribution in [1.29, 1.82) is 0 Å². The quantitative estimate of drug-likeness (QED) is 0.748. The van der Waals surface area contributed by atoms with Gasteiger partial charge in [-0.15, -0.1) is 0 Å². The van der Waals surface area contributed by atoms with Gasteiger partial charge in [-0.05, 0) is 30.5 Å². The maximum Gasteiger partial charge on any atom is 0.335 e. The van der Waals surface area contributed by atoms with Crippen LogP contribution in [0.1, 0.15) is 34.7 Å². The molecule has 0 bridgehead atoms. The number of ether oxygens (including phenoxy) is 1. The summed E-state index contributed by atoms with van der Waals surface area (Å²) in [6.07, 6.45) is 2.08. The van der Waals surface area contributed by atoms with Gasteiger partial charge in [0.05, 0.1) is 12.2 Å². The van der Waals surface area contributed by atoms with E-state index >= 15 is 0 Å². The third-order valence-electron chi connectivity index (χ3n) is 2.93. The minimum atomic E-state index is -0.946. The SMILES string of the molecule is Nc1cc(C(=O)O)ccc1[C@@H]1CCCOC1. The van der Waals surface area contributed by atoms with E-state index in [2.05, 4.69) is 0 Å². The number of carboxylic acid groups (broad SMARTS) is 1. The van der Waals surface area contributed by atoms with Gasteiger partial charge in [0, 0.05) is 18.2 Å². The molecule has 1 aliphatic heterocycles. The number of hydrogen-bond donors (Lipinski definition) is 2. The Morgan fingerprint density at radius 2 is 2.31 bits per heavy atom. The van der Waals surface area contributed by atoms with E-state index in [0.29, 0.717) is 18.2 Å². The van der Waals surface area contributed by atoms with Crippen LogP contribution in [-0.4, -0.2) is 24.3 Å². The van der Waals surface area contributed by atoms with E-state index in [9.17, 15) is 4.79 Å². The number of nitrogens with two attached hydrogens (primary N) is 1. The molecule has 0 aliphatic carbocycles. The molecular weight excluding hydrogens is 206 g/mol. The molecule has 1 aromatic carbocycles. The molecule has 1 fully saturated rings. The van der Waals surface area contributed by atoms with E-state index < -0.39 is 5.97 Å². The summed E-state index contributed by atoms with van der Waals surface area (Å²) in [6.45, 7) is 1.49. The molecule has 3 N–H and O–H groups in total. The summed E-state index contributed by atoms with van der Waals surface area (Å²) < 4.78 is 5.40. The molecule has 86 valence electrons. The van der Waals surface area contributed by atoms with Gasteiger partial charge in [-0.1, -0.05) is 6.07 Å². The number of benzene rings is 1. The van der Waals surface area contributed by atoms with Crippen molar-refractivity contribution in [3.05, 3.63) is 29.3 Å². The second-order valence-corrected chi connectivity index (χ2v) is 4.06. The van der Waals surface area contributed by atoms with Crippen molar-refractivity contribution in [1.82, 2.24) is 0 Å². The predicted molar refractivity (Wildman–Crippen MR) is 60.6 cm³/mol. The van der Waals surface area contributed by atoms with Gasteiger partial charge < -0.3 is 15.6 Å². The Kier molecular flexibility index (Phi) is 3.10. The van der Waals surface area contributed by atoms with Crippen LogP contribution in [0, 0.1) is 0 Å². The maximum absolute atomic E-state index is 10.8. The van der Waals surface area contributed by atoms with E-state index in [1.165, 1.54) is 6.07 Å². The van der Waals surface area contributed by atoms with Gasteiger partial charge in [0.1, 0.15) is 0 Å². The Balaban J connectivity index is 2.24. The summed E-state index contributed by atoms with van der Waals surface area (Å²) >= 11 is 0. The molecule has 0 spiro atoms. The number of aromatic carboxylic acids is 1. The van der Waals surface area contributed by atoms with E-state index in [0.717, 1.165) is 25.0 Å². The fourth-order valence-electron chi connectivity index (χ4n) is 2.07. The number of carbonyl (C=O) groups is 1. The zero-order valence-electron chi connectivity index (χ0n) is 8.98. The van der Waals surface area contributed by atoms with Crippen LogP contribution in [0.15, 0.2) is 18.2 Å². The summed E-state index contributed by atoms with van der Waals surface area (Å²) in [5.74, 6) is -0.644. The molecule has 1 aliphatic rings. The maximum atomic E-state index is 10.8. The first-order chi connectivity index (χ1) is 7.68. The van der Waals surface area contributed by atoms with Gasteiger partial charge in [-0.25, -0.2) is 4.79 Å². The van der Waals surface area contributed by atoms with Crippen LogP contribution in [0.4, 0.5) is 5.69 Å². The Morgan fingerprint density at radius 1 is 1.50 bits per heavy atom. The van der Waals surface area contributed by atoms with Crippen molar-refractivity contribution in [2.45, 2.75) is 18.8 Å². The van der Waals surface area contributed by atoms with Crippen molar-refractivity contribution >= 4 is 11.7 Å². The first kappa shape index (κ1) is 11.0. The molecule has 0 aromatic heterocycles. The first-order valence-corrected chi connectivity index (χ1v) is 5.39. The van der Waals surface area contributed by atoms with Gasteiger partial charge in [-0.3, -0.25) is 0 Å². The van der Waals surface area contributed by atoms with Crippen molar-refractivity contribution in [2.75, 3.05) is 18.9 Å². The second kappa shape index (κ2) is 4.53. The molecule has 4 heteroatoms. The van der Waals surface area contributed by atoms with Crippen molar-refractivity contribution < 1.29 is 14.6 Å². The predicted octanol–water partition coefficient (Wildman–Crippen LogP) is 1.86. The molecule has 1 atom stereocenters. The molecule has 1 saturated heterocycles. The zero-order chi connectivity index (χ0) is 11.5. The molecule has 4 nitrogen and oxygen atoms in total. The van der Waals surface area contributed by atoms with Crippen molar-refractivity contribution in [3.8, 4) is 0 Å². The number of hydrogen-bond acceptors (Lipinski definition) is 3. The lowest BCUT2D eigenvalue weighted by Gasteiger charge is -2.23. The molecule has 1 heterocycles. The Hall–Kier alpha value is -1.55. The largest absolute Gasteiger partial charge is 0.478 e. The van der Waals surface area contributed by atoms with Crippen LogP contribution >= 0.6 is 0 Å². The highest BCUT2D eigenvalue weighted by molar-refractivity contribution is 5.89. The molecule has 0 radical (unpaired) electrons. The van der Waals surface area contributed by atoms with Crippen LogP contribution < -0.4 is 5.73 Å². The molecule has 1 aromatic rings. The Morgan fingerprint density at radius 3 is 2.88 bits per heavy atom. The second-order valence-electron chi connectivity index (χ2n) is 4.06. The number of anilines is 1. The zero-order valence-corrected chi connectivity index (χ0v) is 8.98. The summed E-state index contributed by atoms with van der Waals surface area (Å²) in [7, 11) is 0. The summed E-state index contributed by atoms with van der Waals surface area (Å²) in [5, 5.41) is 8.83. The lowest BCUT2D eigenvalue weighted by atomic mass is 9.91. The average Bonchev–Trinajstić information content (AvgIpc) is 2.30. The number of nitrogen functional groups attached to an aromatic ring is 1. The third kappa shape index (κ3) is 2.17. The highest BCUT2D eigenvalue weighted by Crippen LogP contribution is 2.30. The summed E-state index contributed by atoms with van der Waals surface area (Å²) in [6, 6.07) is 4.92. The topological polar surface area (TPSA) is 72.6 Å². The smallest absolute Gasteiger partial charge is 0.335 e. The lowest BCUT2D eigenvalue weighted by molar-refractivity contribution is 0.0697. The normalized spacial score (nSPS) is 20.6. The van der Waals surface area contributed by atoms with Gasteiger partial charge in [-0.2, -0.15) is 0 Å². The van der Waals surface area contributed by atoms with Crippen LogP contribution in [0.3, 0.4) is 0 Å². The van der Waals surface area contributed by atoms with Crippen LogP contribution in [-0.2, 0) is 4.74 Å². The fraction of sp³-hybridized carbons (Fsp3) is 0.417. The summed E-state index contributed by atoms with van der Waals surface area (Å²) in [4.78, 5) is 10.8. The Labute approximate surface area is 94.0 Å². The fourth-order valence-corrected chi connectivity index (χ4v) is 2.07. The van der Waals surface area contributed by atoms with Crippen LogP contribution in [0.5, 0.6) is 0 Å². The molecule has 0 saturated carbocycles. The molecule has 16 heavy (non-hydrogen) atoms. The first-order valence-electron chi connectivity index (χ1n) is 5.39. The number of carboxylic acids is 1. The van der Waals surface area contributed by atoms with E-state index in [1.54, 1.807) is 12.1 Å². The highest BCUT2D eigenvalue weighted by atomic mass is 16.5. The third-order valence-corrected chi connectivity index (χ3v) is 2.93. The minimum Gasteiger partial charge on any atom is -0.478 e. The minimum absolute atomic E-state index is 0.234. The van der Waals surface area contributed by atoms with Gasteiger partial charge in [0.15, 0.2) is 0 Å². The molecular formula is C12H15NO3. The van der Waals surface area contributed by atoms with Gasteiger partial charge in [0.25, 0.3) is 0 Å². The average molecular weight is 221 g/mol. The van der Waals surface area contributed by atoms with Crippen molar-refractivity contribution in [2.24, 2.45) is 0 Å². The monoisotopic (exact) mass is 221 g/mol. The van der Waals surface area contributed by atoms with Gasteiger partial charge in [0.2, 0.25) is 0 Å². The van der Waals surface area contributed by atoms with E-state index in [4.69, 9.17) is 15.6 Å². The van der Waals surface area contributed by atoms with Crippen molar-refractivity contribution in [3.63, 3.8) is 0 Å². The van der Waals surface area contributed by atoms with E-state index in [-0.39, 0.29) is 5.56 Å². The van der Waals surface area contributed by atoms with E-state index in [1.807, 2.05) is 0 Å². The lowest BCUT2D eigenvalue weighted by Crippen LogP contribution is -2.17. The molecule has 0 unspecified atom stereocenters. The molecule has 0 amide bonds. The standard InChI is InChI=1S/C12H15NO3/c13-11-6-8(12(14)15)3-4-10(11)9-2-1-5-16-7-9/h3-4,6,9H,1-2,5,7,13H2,(H,14,15)/t9-/m1/s1. The van der Waals surface area contributed by atoms with Crippen LogP contribution in [0.25, 0.3) is 0 Å².